The second-order valence-corrected chi connectivity index (χ2v) is 6.69. The van der Waals surface area contributed by atoms with Gasteiger partial charge in [-0.2, -0.15) is 0 Å². The molecule has 4 heterocycles. The van der Waals surface area contributed by atoms with Crippen molar-refractivity contribution in [1.29, 1.82) is 0 Å². The van der Waals surface area contributed by atoms with Crippen molar-refractivity contribution in [1.82, 2.24) is 29.9 Å². The van der Waals surface area contributed by atoms with E-state index in [1.54, 1.807) is 55.0 Å². The number of nitrogens with zero attached hydrogens (tertiary/aromatic N) is 6. The van der Waals surface area contributed by atoms with Crippen molar-refractivity contribution in [3.8, 4) is 34.6 Å². The Labute approximate surface area is 169 Å². The number of halogens is 3. The molecular weight excluding hydrogens is 407 g/mol. The first-order chi connectivity index (χ1) is 13.1. The molecule has 0 unspecified atom stereocenters. The van der Waals surface area contributed by atoms with Crippen LogP contribution in [0.2, 0.25) is 15.1 Å². The molecule has 0 amide bonds. The third-order valence-corrected chi connectivity index (χ3v) is 4.19. The lowest BCUT2D eigenvalue weighted by molar-refractivity contribution is 1.03. The van der Waals surface area contributed by atoms with Gasteiger partial charge in [-0.25, -0.2) is 15.0 Å². The Hall–Kier alpha value is -2.67. The lowest BCUT2D eigenvalue weighted by atomic mass is 10.3. The first-order valence-electron chi connectivity index (χ1n) is 7.70. The highest BCUT2D eigenvalue weighted by atomic mass is 35.5. The number of rotatable bonds is 3. The van der Waals surface area contributed by atoms with Gasteiger partial charge < -0.3 is 0 Å². The van der Waals surface area contributed by atoms with Crippen LogP contribution in [-0.2, 0) is 0 Å². The predicted molar refractivity (Wildman–Crippen MR) is 105 cm³/mol. The maximum atomic E-state index is 6.08. The van der Waals surface area contributed by atoms with Crippen molar-refractivity contribution in [2.45, 2.75) is 0 Å². The molecule has 0 saturated carbocycles. The van der Waals surface area contributed by atoms with E-state index in [0.29, 0.717) is 49.6 Å². The van der Waals surface area contributed by atoms with Crippen molar-refractivity contribution < 1.29 is 0 Å². The minimum atomic E-state index is 0.334. The summed E-state index contributed by atoms with van der Waals surface area (Å²) in [7, 11) is 0. The van der Waals surface area contributed by atoms with Crippen LogP contribution < -0.4 is 0 Å². The normalized spacial score (nSPS) is 10.8. The van der Waals surface area contributed by atoms with Gasteiger partial charge in [0.25, 0.3) is 0 Å². The van der Waals surface area contributed by atoms with Gasteiger partial charge in [-0.3, -0.25) is 15.0 Å². The van der Waals surface area contributed by atoms with Crippen molar-refractivity contribution in [3.63, 3.8) is 0 Å². The average molecular weight is 416 g/mol. The molecule has 0 fully saturated rings. The Morgan fingerprint density at radius 2 is 0.778 bits per heavy atom. The third kappa shape index (κ3) is 4.03. The largest absolute Gasteiger partial charge is 0.253 e. The zero-order chi connectivity index (χ0) is 18.8. The Bertz CT molecular complexity index is 981. The predicted octanol–water partition coefficient (Wildman–Crippen LogP) is 5.02. The Morgan fingerprint density at radius 3 is 1.04 bits per heavy atom. The van der Waals surface area contributed by atoms with Gasteiger partial charge in [0, 0.05) is 33.7 Å². The van der Waals surface area contributed by atoms with Gasteiger partial charge >= 0.3 is 0 Å². The van der Waals surface area contributed by atoms with Crippen LogP contribution in [0.25, 0.3) is 34.6 Å². The van der Waals surface area contributed by atoms with Crippen molar-refractivity contribution in [3.05, 3.63) is 70.1 Å². The SMILES string of the molecule is Clc1ccnc(-c2nc(-c3cc(Cl)ccn3)nc(-c3cc(Cl)ccn3)n2)c1. The minimum Gasteiger partial charge on any atom is -0.253 e. The monoisotopic (exact) mass is 414 g/mol. The van der Waals surface area contributed by atoms with Gasteiger partial charge in [0.2, 0.25) is 0 Å². The van der Waals surface area contributed by atoms with Crippen LogP contribution in [-0.4, -0.2) is 29.9 Å². The third-order valence-electron chi connectivity index (χ3n) is 3.49. The fourth-order valence-corrected chi connectivity index (χ4v) is 2.78. The number of hydrogen-bond donors (Lipinski definition) is 0. The zero-order valence-corrected chi connectivity index (χ0v) is 15.8. The van der Waals surface area contributed by atoms with Gasteiger partial charge in [0.1, 0.15) is 17.1 Å². The summed E-state index contributed by atoms with van der Waals surface area (Å²) in [5.41, 5.74) is 1.49. The molecule has 0 bridgehead atoms. The molecule has 0 aliphatic rings. The van der Waals surface area contributed by atoms with Crippen molar-refractivity contribution in [2.75, 3.05) is 0 Å². The van der Waals surface area contributed by atoms with Crippen molar-refractivity contribution in [2.24, 2.45) is 0 Å². The molecule has 0 N–H and O–H groups in total. The van der Waals surface area contributed by atoms with Crippen LogP contribution >= 0.6 is 34.8 Å². The maximum absolute atomic E-state index is 6.08. The maximum Gasteiger partial charge on any atom is 0.182 e. The first kappa shape index (κ1) is 17.7. The second-order valence-electron chi connectivity index (χ2n) is 5.38. The fourth-order valence-electron chi connectivity index (χ4n) is 2.30. The second kappa shape index (κ2) is 7.52. The van der Waals surface area contributed by atoms with Crippen LogP contribution in [0.15, 0.2) is 55.0 Å². The molecule has 4 rings (SSSR count). The molecule has 0 aromatic carbocycles. The summed E-state index contributed by atoms with van der Waals surface area (Å²) < 4.78 is 0. The van der Waals surface area contributed by atoms with Gasteiger partial charge in [0.05, 0.1) is 0 Å². The van der Waals surface area contributed by atoms with Gasteiger partial charge in [-0.15, -0.1) is 0 Å². The molecular formula is C18H9Cl3N6. The Morgan fingerprint density at radius 1 is 0.481 bits per heavy atom. The smallest absolute Gasteiger partial charge is 0.182 e. The molecule has 4 aromatic rings. The summed E-state index contributed by atoms with van der Waals surface area (Å²) in [4.78, 5) is 26.3. The van der Waals surface area contributed by atoms with E-state index < -0.39 is 0 Å². The molecule has 0 aliphatic heterocycles. The van der Waals surface area contributed by atoms with E-state index >= 15 is 0 Å². The zero-order valence-electron chi connectivity index (χ0n) is 13.5. The highest BCUT2D eigenvalue weighted by Crippen LogP contribution is 2.25. The topological polar surface area (TPSA) is 77.3 Å². The Balaban J connectivity index is 1.94. The summed E-state index contributed by atoms with van der Waals surface area (Å²) in [6.07, 6.45) is 4.74. The Kier molecular flexibility index (Phi) is 4.94. The highest BCUT2D eigenvalue weighted by Gasteiger charge is 2.15. The van der Waals surface area contributed by atoms with Gasteiger partial charge in [-0.05, 0) is 36.4 Å². The summed E-state index contributed by atoms with van der Waals surface area (Å²) >= 11 is 18.2. The highest BCUT2D eigenvalue weighted by molar-refractivity contribution is 6.31. The van der Waals surface area contributed by atoms with E-state index in [1.807, 2.05) is 0 Å². The quantitative estimate of drug-likeness (QED) is 0.467. The molecule has 6 nitrogen and oxygen atoms in total. The molecule has 0 radical (unpaired) electrons. The van der Waals surface area contributed by atoms with E-state index in [9.17, 15) is 0 Å². The van der Waals surface area contributed by atoms with Gasteiger partial charge in [0.15, 0.2) is 17.5 Å². The molecule has 0 aliphatic carbocycles. The van der Waals surface area contributed by atoms with E-state index in [1.165, 1.54) is 0 Å². The number of aromatic nitrogens is 6. The van der Waals surface area contributed by atoms with Crippen LogP contribution in [0, 0.1) is 0 Å². The van der Waals surface area contributed by atoms with Crippen LogP contribution in [0.1, 0.15) is 0 Å². The van der Waals surface area contributed by atoms with Crippen LogP contribution in [0.4, 0.5) is 0 Å². The summed E-state index contributed by atoms with van der Waals surface area (Å²) in [6, 6.07) is 10.0. The lowest BCUT2D eigenvalue weighted by Gasteiger charge is -2.07. The van der Waals surface area contributed by atoms with Gasteiger partial charge in [-0.1, -0.05) is 34.8 Å². The fraction of sp³-hybridized carbons (Fsp3) is 0. The first-order valence-corrected chi connectivity index (χ1v) is 8.84. The summed E-state index contributed by atoms with van der Waals surface area (Å²) in [5, 5.41) is 1.56. The van der Waals surface area contributed by atoms with Crippen molar-refractivity contribution >= 4 is 34.8 Å². The van der Waals surface area contributed by atoms with E-state index in [4.69, 9.17) is 34.8 Å². The molecule has 27 heavy (non-hydrogen) atoms. The van der Waals surface area contributed by atoms with Crippen LogP contribution in [0.3, 0.4) is 0 Å². The minimum absolute atomic E-state index is 0.334. The van der Waals surface area contributed by atoms with E-state index in [2.05, 4.69) is 29.9 Å². The molecule has 9 heteroatoms. The number of hydrogen-bond acceptors (Lipinski definition) is 6. The molecule has 0 spiro atoms. The lowest BCUT2D eigenvalue weighted by Crippen LogP contribution is -2.02. The summed E-state index contributed by atoms with van der Waals surface area (Å²) in [5.74, 6) is 1.00. The molecule has 132 valence electrons. The molecule has 0 saturated heterocycles. The summed E-state index contributed by atoms with van der Waals surface area (Å²) in [6.45, 7) is 0. The standard InChI is InChI=1S/C18H9Cl3N6/c19-10-1-4-22-13(7-10)16-25-17(14-8-11(20)2-5-23-14)27-18(26-16)15-9-12(21)3-6-24-15/h1-9H. The number of pyridine rings is 3. The van der Waals surface area contributed by atoms with E-state index in [0.717, 1.165) is 0 Å². The average Bonchev–Trinajstić information content (AvgIpc) is 2.68. The molecule has 0 atom stereocenters. The molecule has 4 aromatic heterocycles. The van der Waals surface area contributed by atoms with Crippen LogP contribution in [0.5, 0.6) is 0 Å². The van der Waals surface area contributed by atoms with E-state index in [-0.39, 0.29) is 0 Å².